The summed E-state index contributed by atoms with van der Waals surface area (Å²) in [5.41, 5.74) is 0.915. The molecule has 0 aliphatic carbocycles. The zero-order valence-corrected chi connectivity index (χ0v) is 15.6. The van der Waals surface area contributed by atoms with E-state index < -0.39 is 26.5 Å². The Bertz CT molecular complexity index is 988. The summed E-state index contributed by atoms with van der Waals surface area (Å²) in [7, 11) is -7.52. The Kier molecular flexibility index (Phi) is 5.99. The molecule has 0 amide bonds. The van der Waals surface area contributed by atoms with E-state index in [4.69, 9.17) is 0 Å². The highest BCUT2D eigenvalue weighted by atomic mass is 32.2. The average molecular weight is 405 g/mol. The molecule has 1 N–H and O–H groups in total. The van der Waals surface area contributed by atoms with Gasteiger partial charge in [0.25, 0.3) is 0 Å². The molecular formula is C16H17F2NO5S2. The van der Waals surface area contributed by atoms with E-state index in [0.29, 0.717) is 11.1 Å². The van der Waals surface area contributed by atoms with Gasteiger partial charge in [-0.15, -0.1) is 0 Å². The Morgan fingerprint density at radius 2 is 1.65 bits per heavy atom. The van der Waals surface area contributed by atoms with Crippen LogP contribution >= 0.6 is 0 Å². The fourth-order valence-corrected chi connectivity index (χ4v) is 4.15. The van der Waals surface area contributed by atoms with Gasteiger partial charge in [-0.2, -0.15) is 8.78 Å². The molecule has 0 bridgehead atoms. The third kappa shape index (κ3) is 5.23. The summed E-state index contributed by atoms with van der Waals surface area (Å²) in [4.78, 5) is -0.241. The molecule has 142 valence electrons. The second-order valence-electron chi connectivity index (χ2n) is 5.55. The molecule has 0 aliphatic heterocycles. The minimum absolute atomic E-state index is 0.0386. The molecule has 26 heavy (non-hydrogen) atoms. The van der Waals surface area contributed by atoms with Crippen molar-refractivity contribution < 1.29 is 30.4 Å². The van der Waals surface area contributed by atoms with Gasteiger partial charge in [-0.25, -0.2) is 21.6 Å². The second-order valence-corrected chi connectivity index (χ2v) is 9.30. The zero-order chi connectivity index (χ0) is 19.5. The fraction of sp³-hybridized carbons (Fsp3) is 0.250. The molecule has 2 aromatic carbocycles. The highest BCUT2D eigenvalue weighted by Gasteiger charge is 2.19. The molecule has 0 atom stereocenters. The predicted octanol–water partition coefficient (Wildman–Crippen LogP) is 2.48. The molecule has 2 rings (SSSR count). The van der Waals surface area contributed by atoms with Crippen LogP contribution in [0, 0.1) is 6.92 Å². The quantitative estimate of drug-likeness (QED) is 0.764. The first-order chi connectivity index (χ1) is 12.0. The van der Waals surface area contributed by atoms with Gasteiger partial charge in [-0.05, 0) is 42.3 Å². The summed E-state index contributed by atoms with van der Waals surface area (Å²) in [6, 6.07) is 9.34. The van der Waals surface area contributed by atoms with Crippen LogP contribution in [0.15, 0.2) is 52.3 Å². The van der Waals surface area contributed by atoms with Crippen molar-refractivity contribution in [3.63, 3.8) is 0 Å². The monoisotopic (exact) mass is 405 g/mol. The predicted molar refractivity (Wildman–Crippen MR) is 91.4 cm³/mol. The minimum Gasteiger partial charge on any atom is -0.435 e. The smallest absolute Gasteiger partial charge is 0.387 e. The van der Waals surface area contributed by atoms with Crippen LogP contribution in [0.5, 0.6) is 5.75 Å². The molecule has 0 spiro atoms. The van der Waals surface area contributed by atoms with Crippen molar-refractivity contribution in [3.8, 4) is 5.75 Å². The van der Waals surface area contributed by atoms with E-state index in [1.165, 1.54) is 36.4 Å². The lowest BCUT2D eigenvalue weighted by Crippen LogP contribution is -2.24. The minimum atomic E-state index is -3.97. The summed E-state index contributed by atoms with van der Waals surface area (Å²) in [6.45, 7) is -1.49. The maximum absolute atomic E-state index is 12.5. The molecule has 0 aliphatic rings. The standard InChI is InChI=1S/C16H17F2NO5S2/c1-11-3-8-14(25(2,20)21)9-15(11)26(22,23)19-10-12-4-6-13(7-5-12)24-16(17)18/h3-9,16,19H,10H2,1-2H3. The SMILES string of the molecule is Cc1ccc(S(C)(=O)=O)cc1S(=O)(=O)NCc1ccc(OC(F)F)cc1. The van der Waals surface area contributed by atoms with E-state index >= 15 is 0 Å². The Hall–Kier alpha value is -2.04. The van der Waals surface area contributed by atoms with Crippen LogP contribution in [0.4, 0.5) is 8.78 Å². The number of halogens is 2. The number of nitrogens with one attached hydrogen (secondary N) is 1. The largest absolute Gasteiger partial charge is 0.435 e. The number of rotatable bonds is 7. The van der Waals surface area contributed by atoms with E-state index in [0.717, 1.165) is 12.3 Å². The van der Waals surface area contributed by atoms with E-state index in [2.05, 4.69) is 9.46 Å². The number of sulfone groups is 1. The Labute approximate surface area is 150 Å². The summed E-state index contributed by atoms with van der Waals surface area (Å²) < 4.78 is 79.0. The van der Waals surface area contributed by atoms with Crippen LogP contribution in [-0.4, -0.2) is 29.7 Å². The van der Waals surface area contributed by atoms with Crippen LogP contribution < -0.4 is 9.46 Å². The van der Waals surface area contributed by atoms with Crippen molar-refractivity contribution in [1.29, 1.82) is 0 Å². The lowest BCUT2D eigenvalue weighted by Gasteiger charge is -2.11. The second kappa shape index (κ2) is 7.68. The third-order valence-corrected chi connectivity index (χ3v) is 6.15. The van der Waals surface area contributed by atoms with Gasteiger partial charge in [0.1, 0.15) is 5.75 Å². The van der Waals surface area contributed by atoms with Crippen molar-refractivity contribution in [2.75, 3.05) is 6.26 Å². The van der Waals surface area contributed by atoms with Gasteiger partial charge in [0, 0.05) is 12.8 Å². The third-order valence-electron chi connectivity index (χ3n) is 3.49. The first-order valence-corrected chi connectivity index (χ1v) is 10.7. The number of ether oxygens (including phenoxy) is 1. The molecule has 0 radical (unpaired) electrons. The van der Waals surface area contributed by atoms with Crippen molar-refractivity contribution >= 4 is 19.9 Å². The number of alkyl halides is 2. The molecule has 10 heteroatoms. The topological polar surface area (TPSA) is 89.5 Å². The van der Waals surface area contributed by atoms with E-state index in [-0.39, 0.29) is 22.1 Å². The Morgan fingerprint density at radius 3 is 2.19 bits per heavy atom. The fourth-order valence-electron chi connectivity index (χ4n) is 2.15. The maximum atomic E-state index is 12.5. The van der Waals surface area contributed by atoms with Crippen LogP contribution in [0.3, 0.4) is 0 Å². The maximum Gasteiger partial charge on any atom is 0.387 e. The van der Waals surface area contributed by atoms with Crippen LogP contribution in [0.2, 0.25) is 0 Å². The lowest BCUT2D eigenvalue weighted by atomic mass is 10.2. The number of hydrogen-bond donors (Lipinski definition) is 1. The molecule has 0 saturated carbocycles. The van der Waals surface area contributed by atoms with E-state index in [1.54, 1.807) is 6.92 Å². The van der Waals surface area contributed by atoms with Gasteiger partial charge in [0.05, 0.1) is 9.79 Å². The molecule has 0 fully saturated rings. The number of sulfonamides is 1. The van der Waals surface area contributed by atoms with Gasteiger partial charge >= 0.3 is 6.61 Å². The molecule has 6 nitrogen and oxygen atoms in total. The Balaban J connectivity index is 2.19. The van der Waals surface area contributed by atoms with Gasteiger partial charge in [0.15, 0.2) is 9.84 Å². The Morgan fingerprint density at radius 1 is 1.04 bits per heavy atom. The highest BCUT2D eigenvalue weighted by Crippen LogP contribution is 2.21. The first-order valence-electron chi connectivity index (χ1n) is 7.33. The van der Waals surface area contributed by atoms with E-state index in [9.17, 15) is 25.6 Å². The van der Waals surface area contributed by atoms with Crippen molar-refractivity contribution in [3.05, 3.63) is 53.6 Å². The summed E-state index contributed by atoms with van der Waals surface area (Å²) in [6.07, 6.45) is 0.991. The van der Waals surface area contributed by atoms with Crippen molar-refractivity contribution in [2.24, 2.45) is 0 Å². The van der Waals surface area contributed by atoms with Gasteiger partial charge in [0.2, 0.25) is 10.0 Å². The number of hydrogen-bond acceptors (Lipinski definition) is 5. The molecular weight excluding hydrogens is 388 g/mol. The van der Waals surface area contributed by atoms with Crippen molar-refractivity contribution in [2.45, 2.75) is 29.9 Å². The average Bonchev–Trinajstić information content (AvgIpc) is 2.53. The number of aryl methyl sites for hydroxylation is 1. The van der Waals surface area contributed by atoms with E-state index in [1.807, 2.05) is 0 Å². The van der Waals surface area contributed by atoms with Crippen LogP contribution in [0.25, 0.3) is 0 Å². The first kappa shape index (κ1) is 20.3. The van der Waals surface area contributed by atoms with Crippen LogP contribution in [0.1, 0.15) is 11.1 Å². The summed E-state index contributed by atoms with van der Waals surface area (Å²) >= 11 is 0. The van der Waals surface area contributed by atoms with Crippen molar-refractivity contribution in [1.82, 2.24) is 4.72 Å². The highest BCUT2D eigenvalue weighted by molar-refractivity contribution is 7.91. The zero-order valence-electron chi connectivity index (χ0n) is 13.9. The number of benzene rings is 2. The summed E-state index contributed by atoms with van der Waals surface area (Å²) in [5.74, 6) is -0.0386. The molecule has 0 saturated heterocycles. The molecule has 0 unspecified atom stereocenters. The lowest BCUT2D eigenvalue weighted by molar-refractivity contribution is -0.0498. The molecule has 0 aromatic heterocycles. The van der Waals surface area contributed by atoms with Gasteiger partial charge in [-0.3, -0.25) is 0 Å². The van der Waals surface area contributed by atoms with Gasteiger partial charge < -0.3 is 4.74 Å². The molecule has 0 heterocycles. The normalized spacial score (nSPS) is 12.3. The van der Waals surface area contributed by atoms with Crippen LogP contribution in [-0.2, 0) is 26.4 Å². The van der Waals surface area contributed by atoms with Gasteiger partial charge in [-0.1, -0.05) is 18.2 Å². The molecule has 2 aromatic rings. The summed E-state index contributed by atoms with van der Waals surface area (Å²) in [5, 5.41) is 0.